The SMILES string of the molecule is CNCCC(=O)Nc1ccc(Br)cc1C.Cl. The van der Waals surface area contributed by atoms with Crippen molar-refractivity contribution in [2.75, 3.05) is 18.9 Å². The zero-order chi connectivity index (χ0) is 11.3. The van der Waals surface area contributed by atoms with Gasteiger partial charge in [0, 0.05) is 23.1 Å². The van der Waals surface area contributed by atoms with Crippen LogP contribution in [0.25, 0.3) is 0 Å². The molecule has 0 radical (unpaired) electrons. The number of carbonyl (C=O) groups is 1. The molecule has 2 N–H and O–H groups in total. The maximum atomic E-state index is 11.4. The Kier molecular flexibility index (Phi) is 7.38. The first-order chi connectivity index (χ1) is 7.13. The van der Waals surface area contributed by atoms with E-state index in [0.29, 0.717) is 13.0 Å². The molecule has 0 fully saturated rings. The van der Waals surface area contributed by atoms with Gasteiger partial charge in [0.05, 0.1) is 0 Å². The van der Waals surface area contributed by atoms with Crippen LogP contribution in [0, 0.1) is 6.92 Å². The van der Waals surface area contributed by atoms with Crippen molar-refractivity contribution in [3.05, 3.63) is 28.2 Å². The Balaban J connectivity index is 0.00000225. The normalized spacial score (nSPS) is 9.44. The van der Waals surface area contributed by atoms with Gasteiger partial charge in [0.15, 0.2) is 0 Å². The van der Waals surface area contributed by atoms with Gasteiger partial charge in [0.1, 0.15) is 0 Å². The fourth-order valence-electron chi connectivity index (χ4n) is 1.22. The molecule has 3 nitrogen and oxygen atoms in total. The molecule has 0 atom stereocenters. The van der Waals surface area contributed by atoms with E-state index in [0.717, 1.165) is 15.7 Å². The number of hydrogen-bond donors (Lipinski definition) is 2. The average Bonchev–Trinajstić information content (AvgIpc) is 2.19. The lowest BCUT2D eigenvalue weighted by molar-refractivity contribution is -0.116. The monoisotopic (exact) mass is 306 g/mol. The number of aryl methyl sites for hydroxylation is 1. The molecule has 0 aliphatic heterocycles. The summed E-state index contributed by atoms with van der Waals surface area (Å²) in [6.45, 7) is 2.67. The van der Waals surface area contributed by atoms with Crippen LogP contribution in [0.5, 0.6) is 0 Å². The molecular formula is C11H16BrClN2O. The molecule has 0 heterocycles. The minimum atomic E-state index is 0. The highest BCUT2D eigenvalue weighted by atomic mass is 79.9. The van der Waals surface area contributed by atoms with E-state index >= 15 is 0 Å². The molecule has 0 bridgehead atoms. The van der Waals surface area contributed by atoms with Gasteiger partial charge >= 0.3 is 0 Å². The number of anilines is 1. The Labute approximate surface area is 111 Å². The van der Waals surface area contributed by atoms with Crippen molar-refractivity contribution in [1.82, 2.24) is 5.32 Å². The third-order valence-corrected chi connectivity index (χ3v) is 2.56. The summed E-state index contributed by atoms with van der Waals surface area (Å²) in [7, 11) is 1.83. The fourth-order valence-corrected chi connectivity index (χ4v) is 1.69. The lowest BCUT2D eigenvalue weighted by Crippen LogP contribution is -2.19. The summed E-state index contributed by atoms with van der Waals surface area (Å²) >= 11 is 3.38. The molecule has 0 unspecified atom stereocenters. The summed E-state index contributed by atoms with van der Waals surface area (Å²) < 4.78 is 1.02. The van der Waals surface area contributed by atoms with E-state index in [9.17, 15) is 4.79 Å². The molecule has 0 aromatic heterocycles. The van der Waals surface area contributed by atoms with Crippen molar-refractivity contribution in [3.63, 3.8) is 0 Å². The standard InChI is InChI=1S/C11H15BrN2O.ClH/c1-8-7-9(12)3-4-10(8)14-11(15)5-6-13-2;/h3-4,7,13H,5-6H2,1-2H3,(H,14,15);1H. The number of nitrogens with one attached hydrogen (secondary N) is 2. The summed E-state index contributed by atoms with van der Waals surface area (Å²) in [4.78, 5) is 11.4. The molecule has 1 aromatic rings. The smallest absolute Gasteiger partial charge is 0.225 e. The second-order valence-electron chi connectivity index (χ2n) is 3.36. The van der Waals surface area contributed by atoms with Crippen molar-refractivity contribution in [1.29, 1.82) is 0 Å². The molecule has 1 amide bonds. The molecule has 90 valence electrons. The minimum absolute atomic E-state index is 0. The van der Waals surface area contributed by atoms with Gasteiger partial charge in [-0.15, -0.1) is 12.4 Å². The Hall–Kier alpha value is -0.580. The number of carbonyl (C=O) groups excluding carboxylic acids is 1. The van der Waals surface area contributed by atoms with Crippen LogP contribution in [-0.4, -0.2) is 19.5 Å². The summed E-state index contributed by atoms with van der Waals surface area (Å²) in [6, 6.07) is 5.80. The minimum Gasteiger partial charge on any atom is -0.326 e. The van der Waals surface area contributed by atoms with Crippen LogP contribution in [0.1, 0.15) is 12.0 Å². The zero-order valence-electron chi connectivity index (χ0n) is 9.34. The Morgan fingerprint density at radius 2 is 2.12 bits per heavy atom. The van der Waals surface area contributed by atoms with Crippen LogP contribution in [-0.2, 0) is 4.79 Å². The first kappa shape index (κ1) is 15.4. The van der Waals surface area contributed by atoms with Crippen molar-refractivity contribution in [2.45, 2.75) is 13.3 Å². The van der Waals surface area contributed by atoms with E-state index in [1.54, 1.807) is 0 Å². The lowest BCUT2D eigenvalue weighted by atomic mass is 10.2. The third kappa shape index (κ3) is 4.96. The fraction of sp³-hybridized carbons (Fsp3) is 0.364. The number of hydrogen-bond acceptors (Lipinski definition) is 2. The first-order valence-corrected chi connectivity index (χ1v) is 5.63. The van der Waals surface area contributed by atoms with Crippen molar-refractivity contribution in [2.24, 2.45) is 0 Å². The van der Waals surface area contributed by atoms with Crippen LogP contribution in [0.2, 0.25) is 0 Å². The van der Waals surface area contributed by atoms with Crippen LogP contribution in [0.4, 0.5) is 5.69 Å². The maximum absolute atomic E-state index is 11.4. The van der Waals surface area contributed by atoms with Gasteiger partial charge in [-0.2, -0.15) is 0 Å². The number of halogens is 2. The van der Waals surface area contributed by atoms with Crippen LogP contribution in [0.3, 0.4) is 0 Å². The molecule has 0 aliphatic rings. The number of rotatable bonds is 4. The van der Waals surface area contributed by atoms with Crippen molar-refractivity contribution in [3.8, 4) is 0 Å². The Morgan fingerprint density at radius 3 is 2.69 bits per heavy atom. The molecule has 16 heavy (non-hydrogen) atoms. The van der Waals surface area contributed by atoms with Crippen molar-refractivity contribution < 1.29 is 4.79 Å². The van der Waals surface area contributed by atoms with E-state index in [1.807, 2.05) is 32.2 Å². The summed E-state index contributed by atoms with van der Waals surface area (Å²) in [6.07, 6.45) is 0.492. The topological polar surface area (TPSA) is 41.1 Å². The highest BCUT2D eigenvalue weighted by Crippen LogP contribution is 2.19. The van der Waals surface area contributed by atoms with E-state index in [2.05, 4.69) is 26.6 Å². The van der Waals surface area contributed by atoms with E-state index < -0.39 is 0 Å². The largest absolute Gasteiger partial charge is 0.326 e. The molecule has 5 heteroatoms. The second-order valence-corrected chi connectivity index (χ2v) is 4.28. The quantitative estimate of drug-likeness (QED) is 0.898. The van der Waals surface area contributed by atoms with Gasteiger partial charge in [0.25, 0.3) is 0 Å². The number of benzene rings is 1. The van der Waals surface area contributed by atoms with Crippen molar-refractivity contribution >= 4 is 39.9 Å². The first-order valence-electron chi connectivity index (χ1n) is 4.84. The summed E-state index contributed by atoms with van der Waals surface area (Å²) in [5, 5.41) is 5.81. The molecular weight excluding hydrogens is 291 g/mol. The van der Waals surface area contributed by atoms with Gasteiger partial charge in [-0.25, -0.2) is 0 Å². The highest BCUT2D eigenvalue weighted by molar-refractivity contribution is 9.10. The molecule has 0 aliphatic carbocycles. The summed E-state index contributed by atoms with van der Waals surface area (Å²) in [5.41, 5.74) is 1.93. The summed E-state index contributed by atoms with van der Waals surface area (Å²) in [5.74, 6) is 0.0368. The van der Waals surface area contributed by atoms with Crippen LogP contribution >= 0.6 is 28.3 Å². The predicted octanol–water partition coefficient (Wildman–Crippen LogP) is 2.73. The zero-order valence-corrected chi connectivity index (χ0v) is 11.7. The van der Waals surface area contributed by atoms with Gasteiger partial charge in [-0.1, -0.05) is 15.9 Å². The predicted molar refractivity (Wildman–Crippen MR) is 73.3 cm³/mol. The highest BCUT2D eigenvalue weighted by Gasteiger charge is 2.03. The third-order valence-electron chi connectivity index (χ3n) is 2.06. The van der Waals surface area contributed by atoms with Gasteiger partial charge < -0.3 is 10.6 Å². The van der Waals surface area contributed by atoms with Gasteiger partial charge in [-0.05, 0) is 37.7 Å². The number of amides is 1. The molecule has 0 saturated carbocycles. The van der Waals surface area contributed by atoms with E-state index in [1.165, 1.54) is 0 Å². The van der Waals surface area contributed by atoms with Crippen LogP contribution in [0.15, 0.2) is 22.7 Å². The molecule has 1 rings (SSSR count). The molecule has 0 spiro atoms. The Morgan fingerprint density at radius 1 is 1.44 bits per heavy atom. The van der Waals surface area contributed by atoms with E-state index in [4.69, 9.17) is 0 Å². The molecule has 1 aromatic carbocycles. The van der Waals surface area contributed by atoms with E-state index in [-0.39, 0.29) is 18.3 Å². The average molecular weight is 308 g/mol. The van der Waals surface area contributed by atoms with Crippen LogP contribution < -0.4 is 10.6 Å². The Bertz CT molecular complexity index is 358. The second kappa shape index (κ2) is 7.65. The van der Waals surface area contributed by atoms with Gasteiger partial charge in [0.2, 0.25) is 5.91 Å². The lowest BCUT2D eigenvalue weighted by Gasteiger charge is -2.08. The van der Waals surface area contributed by atoms with Gasteiger partial charge in [-0.3, -0.25) is 4.79 Å². The maximum Gasteiger partial charge on any atom is 0.225 e. The molecule has 0 saturated heterocycles.